The van der Waals surface area contributed by atoms with Crippen LogP contribution in [0.1, 0.15) is 36.5 Å². The minimum Gasteiger partial charge on any atom is -0.294 e. The van der Waals surface area contributed by atoms with E-state index in [2.05, 4.69) is 6.92 Å². The predicted octanol–water partition coefficient (Wildman–Crippen LogP) is 2.81. The Morgan fingerprint density at radius 2 is 1.88 bits per heavy atom. The third-order valence-electron chi connectivity index (χ3n) is 2.38. The third kappa shape index (κ3) is 4.71. The van der Waals surface area contributed by atoms with E-state index in [1.54, 1.807) is 12.1 Å². The van der Waals surface area contributed by atoms with Crippen LogP contribution in [0.5, 0.6) is 0 Å². The predicted molar refractivity (Wildman–Crippen MR) is 68.2 cm³/mol. The van der Waals surface area contributed by atoms with Gasteiger partial charge in [0.1, 0.15) is 0 Å². The van der Waals surface area contributed by atoms with Gasteiger partial charge >= 0.3 is 0 Å². The summed E-state index contributed by atoms with van der Waals surface area (Å²) in [6.07, 6.45) is 2.42. The highest BCUT2D eigenvalue weighted by atomic mass is 32.2. The molecule has 0 amide bonds. The number of carbonyl (C=O) groups is 1. The Kier molecular flexibility index (Phi) is 6.01. The number of rotatable bonds is 7. The quantitative estimate of drug-likeness (QED) is 0.684. The number of Topliss-reactive ketones (excluding diaryl/α,β-unsaturated/α-hetero) is 1. The van der Waals surface area contributed by atoms with Gasteiger partial charge in [-0.3, -0.25) is 9.00 Å². The fraction of sp³-hybridized carbons (Fsp3) is 0.462. The molecule has 0 heterocycles. The van der Waals surface area contributed by atoms with Gasteiger partial charge in [-0.25, -0.2) is 0 Å². The lowest BCUT2D eigenvalue weighted by Crippen LogP contribution is -2.08. The number of unbranched alkanes of at least 4 members (excludes halogenated alkanes) is 1. The van der Waals surface area contributed by atoms with Gasteiger partial charge in [-0.1, -0.05) is 43.7 Å². The SMILES string of the molecule is CCCCS(=O)CCC(=O)c1ccccc1. The molecule has 1 aromatic rings. The normalized spacial score (nSPS) is 12.3. The second-order valence-electron chi connectivity index (χ2n) is 3.74. The second kappa shape index (κ2) is 7.34. The Morgan fingerprint density at radius 1 is 1.19 bits per heavy atom. The number of carbonyl (C=O) groups excluding carboxylic acids is 1. The Morgan fingerprint density at radius 3 is 2.50 bits per heavy atom. The summed E-state index contributed by atoms with van der Waals surface area (Å²) in [5.74, 6) is 1.30. The van der Waals surface area contributed by atoms with Crippen LogP contribution in [0.15, 0.2) is 30.3 Å². The molecule has 0 fully saturated rings. The Labute approximate surface area is 99.5 Å². The summed E-state index contributed by atoms with van der Waals surface area (Å²) < 4.78 is 11.5. The zero-order chi connectivity index (χ0) is 11.8. The molecule has 3 heteroatoms. The molecule has 1 rings (SSSR count). The lowest BCUT2D eigenvalue weighted by atomic mass is 10.1. The highest BCUT2D eigenvalue weighted by Gasteiger charge is 2.07. The first-order valence-electron chi connectivity index (χ1n) is 5.67. The minimum absolute atomic E-state index is 0.0884. The zero-order valence-corrected chi connectivity index (χ0v) is 10.5. The molecule has 0 radical (unpaired) electrons. The molecule has 0 N–H and O–H groups in total. The molecule has 0 aliphatic heterocycles. The van der Waals surface area contributed by atoms with Crippen molar-refractivity contribution in [1.29, 1.82) is 0 Å². The van der Waals surface area contributed by atoms with Gasteiger partial charge < -0.3 is 0 Å². The minimum atomic E-state index is -0.835. The fourth-order valence-electron chi connectivity index (χ4n) is 1.38. The van der Waals surface area contributed by atoms with E-state index in [-0.39, 0.29) is 5.78 Å². The van der Waals surface area contributed by atoms with E-state index in [0.29, 0.717) is 12.2 Å². The average molecular weight is 238 g/mol. The first-order valence-corrected chi connectivity index (χ1v) is 7.16. The van der Waals surface area contributed by atoms with Crippen LogP contribution < -0.4 is 0 Å². The smallest absolute Gasteiger partial charge is 0.163 e. The van der Waals surface area contributed by atoms with E-state index >= 15 is 0 Å². The van der Waals surface area contributed by atoms with E-state index in [1.807, 2.05) is 18.2 Å². The van der Waals surface area contributed by atoms with Gasteiger partial charge in [0.05, 0.1) is 0 Å². The number of hydrogen-bond acceptors (Lipinski definition) is 2. The molecule has 0 aliphatic rings. The van der Waals surface area contributed by atoms with Gasteiger partial charge in [-0.2, -0.15) is 0 Å². The average Bonchev–Trinajstić information content (AvgIpc) is 2.34. The standard InChI is InChI=1S/C13H18O2S/c1-2-3-10-16(15)11-9-13(14)12-7-5-4-6-8-12/h4-8H,2-3,9-11H2,1H3. The van der Waals surface area contributed by atoms with Crippen molar-refractivity contribution in [3.05, 3.63) is 35.9 Å². The molecule has 0 bridgehead atoms. The van der Waals surface area contributed by atoms with Crippen LogP contribution in [0.2, 0.25) is 0 Å². The van der Waals surface area contributed by atoms with Crippen molar-refractivity contribution >= 4 is 16.6 Å². The maximum absolute atomic E-state index is 11.7. The van der Waals surface area contributed by atoms with Crippen LogP contribution in [-0.2, 0) is 10.8 Å². The summed E-state index contributed by atoms with van der Waals surface area (Å²) in [4.78, 5) is 11.7. The molecule has 2 nitrogen and oxygen atoms in total. The molecular formula is C13H18O2S. The molecular weight excluding hydrogens is 220 g/mol. The van der Waals surface area contributed by atoms with Crippen molar-refractivity contribution in [2.45, 2.75) is 26.2 Å². The molecule has 1 aromatic carbocycles. The molecule has 1 unspecified atom stereocenters. The molecule has 0 aliphatic carbocycles. The van der Waals surface area contributed by atoms with Crippen molar-refractivity contribution in [1.82, 2.24) is 0 Å². The second-order valence-corrected chi connectivity index (χ2v) is 5.44. The van der Waals surface area contributed by atoms with Crippen LogP contribution in [0.25, 0.3) is 0 Å². The maximum atomic E-state index is 11.7. The Balaban J connectivity index is 2.33. The third-order valence-corrected chi connectivity index (χ3v) is 3.78. The lowest BCUT2D eigenvalue weighted by molar-refractivity contribution is 0.0989. The van der Waals surface area contributed by atoms with Crippen LogP contribution in [0.4, 0.5) is 0 Å². The fourth-order valence-corrected chi connectivity index (χ4v) is 2.61. The van der Waals surface area contributed by atoms with Crippen LogP contribution in [0.3, 0.4) is 0 Å². The summed E-state index contributed by atoms with van der Waals surface area (Å²) in [6.45, 7) is 2.08. The van der Waals surface area contributed by atoms with Gasteiger partial charge in [-0.05, 0) is 6.42 Å². The summed E-state index contributed by atoms with van der Waals surface area (Å²) >= 11 is 0. The summed E-state index contributed by atoms with van der Waals surface area (Å²) in [6, 6.07) is 9.19. The number of ketones is 1. The molecule has 88 valence electrons. The lowest BCUT2D eigenvalue weighted by Gasteiger charge is -2.01. The monoisotopic (exact) mass is 238 g/mol. The van der Waals surface area contributed by atoms with Crippen molar-refractivity contribution in [2.24, 2.45) is 0 Å². The highest BCUT2D eigenvalue weighted by Crippen LogP contribution is 2.04. The molecule has 0 saturated heterocycles. The van der Waals surface area contributed by atoms with Crippen molar-refractivity contribution in [2.75, 3.05) is 11.5 Å². The summed E-state index contributed by atoms with van der Waals surface area (Å²) in [7, 11) is -0.835. The molecule has 1 atom stereocenters. The van der Waals surface area contributed by atoms with Crippen molar-refractivity contribution in [3.8, 4) is 0 Å². The Bertz CT molecular complexity index is 346. The van der Waals surface area contributed by atoms with E-state index in [4.69, 9.17) is 0 Å². The summed E-state index contributed by atoms with van der Waals surface area (Å²) in [5, 5.41) is 0. The maximum Gasteiger partial charge on any atom is 0.163 e. The number of hydrogen-bond donors (Lipinski definition) is 0. The topological polar surface area (TPSA) is 34.1 Å². The van der Waals surface area contributed by atoms with Gasteiger partial charge in [0.25, 0.3) is 0 Å². The van der Waals surface area contributed by atoms with E-state index < -0.39 is 10.8 Å². The van der Waals surface area contributed by atoms with Crippen LogP contribution in [-0.4, -0.2) is 21.5 Å². The highest BCUT2D eigenvalue weighted by molar-refractivity contribution is 7.84. The van der Waals surface area contributed by atoms with Crippen LogP contribution in [0, 0.1) is 0 Å². The molecule has 0 spiro atoms. The van der Waals surface area contributed by atoms with E-state index in [9.17, 15) is 9.00 Å². The number of benzene rings is 1. The van der Waals surface area contributed by atoms with Gasteiger partial charge in [0, 0.05) is 34.3 Å². The first kappa shape index (κ1) is 13.1. The summed E-state index contributed by atoms with van der Waals surface area (Å²) in [5.41, 5.74) is 0.718. The van der Waals surface area contributed by atoms with E-state index in [1.165, 1.54) is 0 Å². The van der Waals surface area contributed by atoms with E-state index in [0.717, 1.165) is 24.2 Å². The van der Waals surface area contributed by atoms with Crippen molar-refractivity contribution < 1.29 is 9.00 Å². The largest absolute Gasteiger partial charge is 0.294 e. The van der Waals surface area contributed by atoms with Gasteiger partial charge in [-0.15, -0.1) is 0 Å². The Hall–Kier alpha value is -0.960. The van der Waals surface area contributed by atoms with Crippen LogP contribution >= 0.6 is 0 Å². The molecule has 0 aromatic heterocycles. The zero-order valence-electron chi connectivity index (χ0n) is 9.65. The van der Waals surface area contributed by atoms with Gasteiger partial charge in [0.2, 0.25) is 0 Å². The van der Waals surface area contributed by atoms with Crippen molar-refractivity contribution in [3.63, 3.8) is 0 Å². The molecule has 0 saturated carbocycles. The first-order chi connectivity index (χ1) is 7.74. The van der Waals surface area contributed by atoms with Gasteiger partial charge in [0.15, 0.2) is 5.78 Å². The molecule has 16 heavy (non-hydrogen) atoms.